The van der Waals surface area contributed by atoms with E-state index in [1.165, 1.54) is 18.9 Å². The van der Waals surface area contributed by atoms with Gasteiger partial charge in [0.15, 0.2) is 5.75 Å². The molecule has 1 atom stereocenters. The lowest BCUT2D eigenvalue weighted by molar-refractivity contribution is -0.385. The van der Waals surface area contributed by atoms with Crippen LogP contribution in [0.5, 0.6) is 5.75 Å². The van der Waals surface area contributed by atoms with Gasteiger partial charge in [-0.1, -0.05) is 0 Å². The second kappa shape index (κ2) is 7.83. The molecule has 0 aliphatic carbocycles. The molecule has 21 heavy (non-hydrogen) atoms. The van der Waals surface area contributed by atoms with Crippen molar-refractivity contribution in [2.24, 2.45) is 5.92 Å². The Hall–Kier alpha value is -1.82. The van der Waals surface area contributed by atoms with E-state index in [4.69, 9.17) is 4.74 Å². The largest absolute Gasteiger partial charge is 0.487 e. The molecule has 1 aliphatic heterocycles. The van der Waals surface area contributed by atoms with Crippen LogP contribution in [0.3, 0.4) is 0 Å². The zero-order chi connectivity index (χ0) is 15.1. The van der Waals surface area contributed by atoms with E-state index in [9.17, 15) is 10.1 Å². The smallest absolute Gasteiger partial charge is 0.311 e. The Morgan fingerprint density at radius 2 is 2.38 bits per heavy atom. The number of hydrogen-bond acceptors (Lipinski definition) is 5. The molecule has 0 saturated carbocycles. The Labute approximate surface area is 125 Å². The van der Waals surface area contributed by atoms with Gasteiger partial charge in [0, 0.05) is 24.4 Å². The summed E-state index contributed by atoms with van der Waals surface area (Å²) in [5.41, 5.74) is 0.881. The van der Waals surface area contributed by atoms with E-state index in [2.05, 4.69) is 10.6 Å². The molecule has 2 rings (SSSR count). The monoisotopic (exact) mass is 293 g/mol. The van der Waals surface area contributed by atoms with Crippen molar-refractivity contribution in [3.05, 3.63) is 28.3 Å². The molecule has 2 N–H and O–H groups in total. The first kappa shape index (κ1) is 15.6. The molecular formula is C15H23N3O3. The second-order valence-corrected chi connectivity index (χ2v) is 5.30. The third-order valence-electron chi connectivity index (χ3n) is 3.74. The Morgan fingerprint density at radius 3 is 3.05 bits per heavy atom. The molecule has 0 bridgehead atoms. The van der Waals surface area contributed by atoms with Crippen molar-refractivity contribution in [3.8, 4) is 5.75 Å². The van der Waals surface area contributed by atoms with Gasteiger partial charge in [-0.2, -0.15) is 0 Å². The number of hydrogen-bond donors (Lipinski definition) is 2. The molecule has 6 nitrogen and oxygen atoms in total. The summed E-state index contributed by atoms with van der Waals surface area (Å²) in [6.45, 7) is 5.32. The number of nitro benzene ring substituents is 1. The van der Waals surface area contributed by atoms with Crippen LogP contribution >= 0.6 is 0 Å². The topological polar surface area (TPSA) is 76.4 Å². The minimum Gasteiger partial charge on any atom is -0.487 e. The molecule has 1 heterocycles. The highest BCUT2D eigenvalue weighted by Gasteiger charge is 2.16. The zero-order valence-corrected chi connectivity index (χ0v) is 12.4. The normalized spacial score (nSPS) is 18.2. The van der Waals surface area contributed by atoms with E-state index in [0.717, 1.165) is 37.7 Å². The number of piperidine rings is 1. The first-order chi connectivity index (χ1) is 10.2. The molecular weight excluding hydrogens is 270 g/mol. The summed E-state index contributed by atoms with van der Waals surface area (Å²) < 4.78 is 5.34. The van der Waals surface area contributed by atoms with Crippen LogP contribution in [-0.2, 0) is 0 Å². The van der Waals surface area contributed by atoms with Gasteiger partial charge in [0.05, 0.1) is 11.5 Å². The van der Waals surface area contributed by atoms with Crippen molar-refractivity contribution < 1.29 is 9.66 Å². The summed E-state index contributed by atoms with van der Waals surface area (Å²) in [5, 5.41) is 17.7. The van der Waals surface area contributed by atoms with Crippen molar-refractivity contribution in [1.29, 1.82) is 0 Å². The highest BCUT2D eigenvalue weighted by molar-refractivity contribution is 5.57. The fourth-order valence-corrected chi connectivity index (χ4v) is 2.64. The van der Waals surface area contributed by atoms with E-state index in [0.29, 0.717) is 12.4 Å². The number of nitrogens with zero attached hydrogens (tertiary/aromatic N) is 1. The molecule has 0 spiro atoms. The molecule has 1 aromatic carbocycles. The molecule has 1 aliphatic rings. The molecule has 1 unspecified atom stereocenters. The summed E-state index contributed by atoms with van der Waals surface area (Å²) in [5.74, 6) is 1.04. The van der Waals surface area contributed by atoms with Crippen molar-refractivity contribution in [2.45, 2.75) is 26.2 Å². The van der Waals surface area contributed by atoms with Crippen molar-refractivity contribution >= 4 is 11.4 Å². The summed E-state index contributed by atoms with van der Waals surface area (Å²) >= 11 is 0. The number of benzene rings is 1. The molecule has 0 amide bonds. The SMILES string of the molecule is CCOc1cc(NCCC2CCCNC2)ccc1[N+](=O)[O-]. The Morgan fingerprint density at radius 1 is 1.52 bits per heavy atom. The molecule has 1 saturated heterocycles. The predicted octanol–water partition coefficient (Wildman–Crippen LogP) is 2.80. The summed E-state index contributed by atoms with van der Waals surface area (Å²) in [6.07, 6.45) is 3.63. The van der Waals surface area contributed by atoms with E-state index in [1.807, 2.05) is 6.92 Å². The van der Waals surface area contributed by atoms with Crippen LogP contribution in [0.2, 0.25) is 0 Å². The maximum atomic E-state index is 10.9. The van der Waals surface area contributed by atoms with Gasteiger partial charge in [0.2, 0.25) is 0 Å². The van der Waals surface area contributed by atoms with Crippen LogP contribution in [0.15, 0.2) is 18.2 Å². The average molecular weight is 293 g/mol. The standard InChI is InChI=1S/C15H23N3O3/c1-2-21-15-10-13(5-6-14(15)18(19)20)17-9-7-12-4-3-8-16-11-12/h5-6,10,12,16-17H,2-4,7-9,11H2,1H3. The van der Waals surface area contributed by atoms with Crippen LogP contribution in [0, 0.1) is 16.0 Å². The Balaban J connectivity index is 1.90. The molecule has 0 radical (unpaired) electrons. The second-order valence-electron chi connectivity index (χ2n) is 5.30. The maximum absolute atomic E-state index is 10.9. The highest BCUT2D eigenvalue weighted by Crippen LogP contribution is 2.30. The molecule has 116 valence electrons. The molecule has 1 aromatic rings. The van der Waals surface area contributed by atoms with Gasteiger partial charge < -0.3 is 15.4 Å². The summed E-state index contributed by atoms with van der Waals surface area (Å²) in [7, 11) is 0. The van der Waals surface area contributed by atoms with E-state index < -0.39 is 4.92 Å². The number of nitro groups is 1. The fourth-order valence-electron chi connectivity index (χ4n) is 2.64. The lowest BCUT2D eigenvalue weighted by atomic mass is 9.96. The highest BCUT2D eigenvalue weighted by atomic mass is 16.6. The number of rotatable bonds is 7. The van der Waals surface area contributed by atoms with Gasteiger partial charge in [0.25, 0.3) is 0 Å². The van der Waals surface area contributed by atoms with Crippen LogP contribution in [0.1, 0.15) is 26.2 Å². The minimum absolute atomic E-state index is 0.0129. The predicted molar refractivity (Wildman–Crippen MR) is 83.0 cm³/mol. The average Bonchev–Trinajstić information content (AvgIpc) is 2.49. The molecule has 0 aromatic heterocycles. The van der Waals surface area contributed by atoms with Gasteiger partial charge in [0.1, 0.15) is 0 Å². The number of nitrogens with one attached hydrogen (secondary N) is 2. The van der Waals surface area contributed by atoms with E-state index in [1.54, 1.807) is 12.1 Å². The first-order valence-electron chi connectivity index (χ1n) is 7.56. The Kier molecular flexibility index (Phi) is 5.80. The maximum Gasteiger partial charge on any atom is 0.311 e. The van der Waals surface area contributed by atoms with Gasteiger partial charge in [-0.3, -0.25) is 10.1 Å². The van der Waals surface area contributed by atoms with E-state index in [-0.39, 0.29) is 5.69 Å². The van der Waals surface area contributed by atoms with Crippen LogP contribution in [0.25, 0.3) is 0 Å². The van der Waals surface area contributed by atoms with E-state index >= 15 is 0 Å². The third kappa shape index (κ3) is 4.60. The van der Waals surface area contributed by atoms with Crippen LogP contribution in [-0.4, -0.2) is 31.2 Å². The fraction of sp³-hybridized carbons (Fsp3) is 0.600. The van der Waals surface area contributed by atoms with Crippen molar-refractivity contribution in [1.82, 2.24) is 5.32 Å². The summed E-state index contributed by atoms with van der Waals surface area (Å²) in [6, 6.07) is 4.94. The van der Waals surface area contributed by atoms with Crippen LogP contribution < -0.4 is 15.4 Å². The summed E-state index contributed by atoms with van der Waals surface area (Å²) in [4.78, 5) is 10.5. The van der Waals surface area contributed by atoms with Crippen molar-refractivity contribution in [3.63, 3.8) is 0 Å². The third-order valence-corrected chi connectivity index (χ3v) is 3.74. The van der Waals surface area contributed by atoms with Crippen molar-refractivity contribution in [2.75, 3.05) is 31.6 Å². The first-order valence-corrected chi connectivity index (χ1v) is 7.56. The molecule has 6 heteroatoms. The van der Waals surface area contributed by atoms with Gasteiger partial charge in [-0.25, -0.2) is 0 Å². The number of anilines is 1. The van der Waals surface area contributed by atoms with Crippen LogP contribution in [0.4, 0.5) is 11.4 Å². The Bertz CT molecular complexity index is 473. The van der Waals surface area contributed by atoms with Gasteiger partial charge in [-0.05, 0) is 51.3 Å². The molecule has 1 fully saturated rings. The zero-order valence-electron chi connectivity index (χ0n) is 12.4. The number of ether oxygens (including phenoxy) is 1. The van der Waals surface area contributed by atoms with Gasteiger partial charge in [-0.15, -0.1) is 0 Å². The van der Waals surface area contributed by atoms with Gasteiger partial charge >= 0.3 is 5.69 Å². The minimum atomic E-state index is -0.414. The quantitative estimate of drug-likeness (QED) is 0.597. The lowest BCUT2D eigenvalue weighted by Crippen LogP contribution is -2.30. The lowest BCUT2D eigenvalue weighted by Gasteiger charge is -2.22.